The van der Waals surface area contributed by atoms with Gasteiger partial charge in [0, 0.05) is 13.2 Å². The number of ether oxygens (including phenoxy) is 1. The zero-order chi connectivity index (χ0) is 14.4. The summed E-state index contributed by atoms with van der Waals surface area (Å²) in [5.74, 6) is -1.41. The first-order valence-corrected chi connectivity index (χ1v) is 5.93. The number of carboxylic acids is 1. The molecule has 1 aromatic rings. The minimum absolute atomic E-state index is 0.0580. The van der Waals surface area contributed by atoms with Crippen molar-refractivity contribution in [3.63, 3.8) is 0 Å². The molecule has 0 radical (unpaired) electrons. The summed E-state index contributed by atoms with van der Waals surface area (Å²) in [7, 11) is 1.55. The molecular formula is C11H18N4O4. The molecule has 8 heteroatoms. The van der Waals surface area contributed by atoms with E-state index in [4.69, 9.17) is 9.84 Å². The topological polar surface area (TPSA) is 106 Å². The lowest BCUT2D eigenvalue weighted by atomic mass is 10.2. The standard InChI is InChI=1S/C11H18N4O4/c1-4-8-10(11(17)18)13-14-15(8)5-9(16)12-7(2)6-19-3/h7H,4-6H2,1-3H3,(H,12,16)(H,17,18). The van der Waals surface area contributed by atoms with Crippen molar-refractivity contribution in [2.24, 2.45) is 0 Å². The largest absolute Gasteiger partial charge is 0.476 e. The van der Waals surface area contributed by atoms with Crippen molar-refractivity contribution >= 4 is 11.9 Å². The van der Waals surface area contributed by atoms with Crippen molar-refractivity contribution in [3.05, 3.63) is 11.4 Å². The SMILES string of the molecule is CCc1c(C(=O)O)nnn1CC(=O)NC(C)COC. The van der Waals surface area contributed by atoms with Gasteiger partial charge in [-0.1, -0.05) is 12.1 Å². The number of nitrogens with zero attached hydrogens (tertiary/aromatic N) is 3. The molecule has 1 unspecified atom stereocenters. The number of carboxylic acid groups (broad SMARTS) is 1. The van der Waals surface area contributed by atoms with Gasteiger partial charge in [-0.05, 0) is 13.3 Å². The Hall–Kier alpha value is -1.96. The molecule has 0 aliphatic heterocycles. The molecule has 19 heavy (non-hydrogen) atoms. The van der Waals surface area contributed by atoms with Gasteiger partial charge in [0.05, 0.1) is 12.3 Å². The third kappa shape index (κ3) is 4.02. The third-order valence-corrected chi connectivity index (χ3v) is 2.49. The summed E-state index contributed by atoms with van der Waals surface area (Å²) in [6.45, 7) is 3.95. The summed E-state index contributed by atoms with van der Waals surface area (Å²) >= 11 is 0. The molecule has 1 heterocycles. The van der Waals surface area contributed by atoms with Crippen molar-refractivity contribution in [2.45, 2.75) is 32.9 Å². The van der Waals surface area contributed by atoms with Crippen LogP contribution in [0.15, 0.2) is 0 Å². The predicted octanol–water partition coefficient (Wildman–Crippen LogP) is -0.310. The van der Waals surface area contributed by atoms with Crippen LogP contribution in [-0.4, -0.2) is 51.7 Å². The highest BCUT2D eigenvalue weighted by atomic mass is 16.5. The van der Waals surface area contributed by atoms with E-state index in [0.29, 0.717) is 18.7 Å². The number of aromatic nitrogens is 3. The maximum Gasteiger partial charge on any atom is 0.358 e. The van der Waals surface area contributed by atoms with Crippen LogP contribution >= 0.6 is 0 Å². The van der Waals surface area contributed by atoms with Gasteiger partial charge in [-0.15, -0.1) is 5.10 Å². The van der Waals surface area contributed by atoms with Crippen LogP contribution in [0.5, 0.6) is 0 Å². The molecular weight excluding hydrogens is 252 g/mol. The first kappa shape index (κ1) is 15.1. The molecule has 0 aromatic carbocycles. The molecule has 0 saturated carbocycles. The summed E-state index contributed by atoms with van der Waals surface area (Å²) < 4.78 is 6.21. The lowest BCUT2D eigenvalue weighted by molar-refractivity contribution is -0.122. The molecule has 0 fully saturated rings. The number of carbonyl (C=O) groups is 2. The van der Waals surface area contributed by atoms with Gasteiger partial charge in [0.15, 0.2) is 5.69 Å². The van der Waals surface area contributed by atoms with E-state index < -0.39 is 5.97 Å². The fraction of sp³-hybridized carbons (Fsp3) is 0.636. The van der Waals surface area contributed by atoms with Crippen LogP contribution in [0.3, 0.4) is 0 Å². The second-order valence-corrected chi connectivity index (χ2v) is 4.13. The van der Waals surface area contributed by atoms with E-state index in [1.54, 1.807) is 14.0 Å². The second-order valence-electron chi connectivity index (χ2n) is 4.13. The Kier molecular flexibility index (Phi) is 5.43. The predicted molar refractivity (Wildman–Crippen MR) is 65.8 cm³/mol. The van der Waals surface area contributed by atoms with Crippen molar-refractivity contribution in [1.82, 2.24) is 20.3 Å². The highest BCUT2D eigenvalue weighted by molar-refractivity contribution is 5.86. The molecule has 8 nitrogen and oxygen atoms in total. The molecule has 0 spiro atoms. The van der Waals surface area contributed by atoms with Gasteiger partial charge in [0.1, 0.15) is 6.54 Å². The summed E-state index contributed by atoms with van der Waals surface area (Å²) in [4.78, 5) is 22.7. The molecule has 1 rings (SSSR count). The Balaban J connectivity index is 2.72. The van der Waals surface area contributed by atoms with Crippen molar-refractivity contribution in [3.8, 4) is 0 Å². The molecule has 0 aliphatic rings. The number of carbonyl (C=O) groups excluding carboxylic acids is 1. The Morgan fingerprint density at radius 1 is 1.53 bits per heavy atom. The normalized spacial score (nSPS) is 12.2. The van der Waals surface area contributed by atoms with Gasteiger partial charge in [-0.3, -0.25) is 4.79 Å². The van der Waals surface area contributed by atoms with Crippen LogP contribution in [0, 0.1) is 0 Å². The molecule has 0 aliphatic carbocycles. The Labute approximate surface area is 110 Å². The molecule has 1 amide bonds. The quantitative estimate of drug-likeness (QED) is 0.704. The number of aromatic carboxylic acids is 1. The molecule has 0 saturated heterocycles. The first-order valence-electron chi connectivity index (χ1n) is 5.93. The monoisotopic (exact) mass is 270 g/mol. The highest BCUT2D eigenvalue weighted by Crippen LogP contribution is 2.06. The summed E-state index contributed by atoms with van der Waals surface area (Å²) in [6.07, 6.45) is 0.440. The number of hydrogen-bond acceptors (Lipinski definition) is 5. The Morgan fingerprint density at radius 2 is 2.21 bits per heavy atom. The molecule has 2 N–H and O–H groups in total. The van der Waals surface area contributed by atoms with Crippen LogP contribution in [0.25, 0.3) is 0 Å². The highest BCUT2D eigenvalue weighted by Gasteiger charge is 2.19. The molecule has 1 aromatic heterocycles. The van der Waals surface area contributed by atoms with Gasteiger partial charge in [-0.2, -0.15) is 0 Å². The van der Waals surface area contributed by atoms with Gasteiger partial charge in [-0.25, -0.2) is 9.48 Å². The molecule has 106 valence electrons. The molecule has 0 bridgehead atoms. The zero-order valence-electron chi connectivity index (χ0n) is 11.2. The van der Waals surface area contributed by atoms with E-state index in [0.717, 1.165) is 0 Å². The first-order chi connectivity index (χ1) is 8.99. The summed E-state index contributed by atoms with van der Waals surface area (Å²) in [5.41, 5.74) is 0.322. The van der Waals surface area contributed by atoms with Crippen LogP contribution < -0.4 is 5.32 Å². The summed E-state index contributed by atoms with van der Waals surface area (Å²) in [6, 6.07) is -0.120. The van der Waals surface area contributed by atoms with Crippen LogP contribution in [-0.2, 0) is 22.5 Å². The van der Waals surface area contributed by atoms with E-state index in [2.05, 4.69) is 15.6 Å². The minimum Gasteiger partial charge on any atom is -0.476 e. The van der Waals surface area contributed by atoms with Crippen LogP contribution in [0.4, 0.5) is 0 Å². The fourth-order valence-electron chi connectivity index (χ4n) is 1.72. The van der Waals surface area contributed by atoms with Gasteiger partial charge < -0.3 is 15.2 Å². The maximum absolute atomic E-state index is 11.7. The van der Waals surface area contributed by atoms with Crippen molar-refractivity contribution in [2.75, 3.05) is 13.7 Å². The lowest BCUT2D eigenvalue weighted by Crippen LogP contribution is -2.38. The average molecular weight is 270 g/mol. The number of amides is 1. The number of hydrogen-bond donors (Lipinski definition) is 2. The van der Waals surface area contributed by atoms with E-state index in [-0.39, 0.29) is 24.2 Å². The second kappa shape index (κ2) is 6.83. The van der Waals surface area contributed by atoms with Gasteiger partial charge in [0.2, 0.25) is 5.91 Å². The van der Waals surface area contributed by atoms with Gasteiger partial charge in [0.25, 0.3) is 0 Å². The van der Waals surface area contributed by atoms with E-state index in [9.17, 15) is 9.59 Å². The third-order valence-electron chi connectivity index (χ3n) is 2.49. The van der Waals surface area contributed by atoms with Gasteiger partial charge >= 0.3 is 5.97 Å². The van der Waals surface area contributed by atoms with Crippen molar-refractivity contribution < 1.29 is 19.4 Å². The zero-order valence-corrected chi connectivity index (χ0v) is 11.2. The minimum atomic E-state index is -1.14. The number of rotatable bonds is 7. The average Bonchev–Trinajstić information content (AvgIpc) is 2.71. The number of methoxy groups -OCH3 is 1. The van der Waals surface area contributed by atoms with E-state index in [1.165, 1.54) is 4.68 Å². The smallest absolute Gasteiger partial charge is 0.358 e. The van der Waals surface area contributed by atoms with Crippen LogP contribution in [0.1, 0.15) is 30.0 Å². The molecule has 1 atom stereocenters. The number of nitrogens with one attached hydrogen (secondary N) is 1. The fourth-order valence-corrected chi connectivity index (χ4v) is 1.72. The lowest BCUT2D eigenvalue weighted by Gasteiger charge is -2.13. The van der Waals surface area contributed by atoms with E-state index >= 15 is 0 Å². The van der Waals surface area contributed by atoms with E-state index in [1.807, 2.05) is 6.92 Å². The van der Waals surface area contributed by atoms with Crippen molar-refractivity contribution in [1.29, 1.82) is 0 Å². The summed E-state index contributed by atoms with van der Waals surface area (Å²) in [5, 5.41) is 18.9. The van der Waals surface area contributed by atoms with Crippen LogP contribution in [0.2, 0.25) is 0 Å². The Morgan fingerprint density at radius 3 is 2.74 bits per heavy atom. The Bertz CT molecular complexity index is 458. The maximum atomic E-state index is 11.7.